The molecule has 2 heterocycles. The molecule has 2 aliphatic rings. The molecule has 2 aliphatic heterocycles. The van der Waals surface area contributed by atoms with Crippen LogP contribution < -0.4 is 14.2 Å². The van der Waals surface area contributed by atoms with E-state index in [2.05, 4.69) is 0 Å². The molecule has 0 radical (unpaired) electrons. The smallest absolute Gasteiger partial charge is 0.254 e. The van der Waals surface area contributed by atoms with Gasteiger partial charge in [0.05, 0.1) is 26.5 Å². The first-order valence-electron chi connectivity index (χ1n) is 8.47. The van der Waals surface area contributed by atoms with Crippen LogP contribution in [0.4, 0.5) is 0 Å². The molecule has 2 aromatic carbocycles. The number of ether oxygens (including phenoxy) is 3. The molecule has 0 spiro atoms. The van der Waals surface area contributed by atoms with Crippen LogP contribution >= 0.6 is 0 Å². The second-order valence-electron chi connectivity index (χ2n) is 6.16. The lowest BCUT2D eigenvalue weighted by Gasteiger charge is -2.39. The van der Waals surface area contributed by atoms with E-state index in [4.69, 9.17) is 14.2 Å². The fourth-order valence-electron chi connectivity index (χ4n) is 2.99. The van der Waals surface area contributed by atoms with Crippen molar-refractivity contribution in [3.05, 3.63) is 72.0 Å². The lowest BCUT2D eigenvalue weighted by Crippen LogP contribution is -2.56. The van der Waals surface area contributed by atoms with E-state index >= 15 is 0 Å². The van der Waals surface area contributed by atoms with Crippen molar-refractivity contribution < 1.29 is 19.0 Å². The Kier molecular flexibility index (Phi) is 4.35. The summed E-state index contributed by atoms with van der Waals surface area (Å²) in [7, 11) is 1.61. The van der Waals surface area contributed by atoms with Crippen molar-refractivity contribution in [2.45, 2.75) is 6.10 Å². The molecule has 1 saturated heterocycles. The zero-order valence-corrected chi connectivity index (χ0v) is 14.4. The number of fused-ring (bicyclic) bond motifs is 1. The van der Waals surface area contributed by atoms with Crippen LogP contribution in [0.15, 0.2) is 66.4 Å². The maximum atomic E-state index is 12.7. The molecule has 1 amide bonds. The third-order valence-electron chi connectivity index (χ3n) is 4.42. The van der Waals surface area contributed by atoms with Crippen molar-refractivity contribution in [1.82, 2.24) is 4.90 Å². The standard InChI is InChI=1S/C21H19NO4/c1-24-19-8-4-5-9-20(19)26-17-13-22(14-17)21(23)16-10-11-25-18-7-3-2-6-15(18)12-16/h2-12,17H,13-14H2,1H3. The third kappa shape index (κ3) is 3.16. The Balaban J connectivity index is 1.41. The molecule has 5 nitrogen and oxygen atoms in total. The zero-order chi connectivity index (χ0) is 17.9. The minimum atomic E-state index is -0.0332. The summed E-state index contributed by atoms with van der Waals surface area (Å²) in [5, 5.41) is 0. The Bertz CT molecular complexity index is 881. The number of carbonyl (C=O) groups excluding carboxylic acids is 1. The van der Waals surface area contributed by atoms with E-state index in [1.54, 1.807) is 24.3 Å². The SMILES string of the molecule is COc1ccccc1OC1CN(C(=O)C2=Cc3ccccc3OC=C2)C1. The Morgan fingerprint density at radius 3 is 2.62 bits per heavy atom. The van der Waals surface area contributed by atoms with Gasteiger partial charge in [-0.05, 0) is 30.4 Å². The summed E-state index contributed by atoms with van der Waals surface area (Å²) in [6.45, 7) is 1.09. The Labute approximate surface area is 152 Å². The molecule has 4 rings (SSSR count). The molecular weight excluding hydrogens is 330 g/mol. The lowest BCUT2D eigenvalue weighted by molar-refractivity contribution is -0.135. The Hall–Kier alpha value is -3.21. The summed E-state index contributed by atoms with van der Waals surface area (Å²) >= 11 is 0. The van der Waals surface area contributed by atoms with E-state index in [1.165, 1.54) is 0 Å². The van der Waals surface area contributed by atoms with E-state index in [9.17, 15) is 4.79 Å². The number of amides is 1. The van der Waals surface area contributed by atoms with E-state index < -0.39 is 0 Å². The zero-order valence-electron chi connectivity index (χ0n) is 14.4. The van der Waals surface area contributed by atoms with Gasteiger partial charge in [-0.1, -0.05) is 30.3 Å². The average molecular weight is 349 g/mol. The number of rotatable bonds is 4. The first kappa shape index (κ1) is 16.3. The van der Waals surface area contributed by atoms with Crippen molar-refractivity contribution in [2.24, 2.45) is 0 Å². The number of nitrogens with zero attached hydrogens (tertiary/aromatic N) is 1. The molecule has 0 unspecified atom stereocenters. The van der Waals surface area contributed by atoms with Gasteiger partial charge >= 0.3 is 0 Å². The van der Waals surface area contributed by atoms with Crippen LogP contribution in [-0.4, -0.2) is 37.1 Å². The van der Waals surface area contributed by atoms with Crippen molar-refractivity contribution in [3.8, 4) is 17.2 Å². The number of para-hydroxylation sites is 3. The summed E-state index contributed by atoms with van der Waals surface area (Å²) < 4.78 is 16.8. The number of hydrogen-bond donors (Lipinski definition) is 0. The fourth-order valence-corrected chi connectivity index (χ4v) is 2.99. The summed E-state index contributed by atoms with van der Waals surface area (Å²) in [6.07, 6.45) is 5.08. The molecule has 0 atom stereocenters. The van der Waals surface area contributed by atoms with Crippen molar-refractivity contribution in [1.29, 1.82) is 0 Å². The highest BCUT2D eigenvalue weighted by molar-refractivity contribution is 6.01. The highest BCUT2D eigenvalue weighted by Gasteiger charge is 2.34. The number of hydrogen-bond acceptors (Lipinski definition) is 4. The predicted molar refractivity (Wildman–Crippen MR) is 98.2 cm³/mol. The van der Waals surface area contributed by atoms with Gasteiger partial charge in [0.25, 0.3) is 5.91 Å². The molecule has 0 N–H and O–H groups in total. The molecule has 26 heavy (non-hydrogen) atoms. The van der Waals surface area contributed by atoms with Crippen LogP contribution in [0.1, 0.15) is 5.56 Å². The molecule has 0 bridgehead atoms. The van der Waals surface area contributed by atoms with Gasteiger partial charge in [-0.15, -0.1) is 0 Å². The number of methoxy groups -OCH3 is 1. The molecule has 0 aliphatic carbocycles. The normalized spacial score (nSPS) is 15.9. The minimum Gasteiger partial charge on any atom is -0.493 e. The minimum absolute atomic E-state index is 0.0265. The van der Waals surface area contributed by atoms with E-state index in [0.717, 1.165) is 11.3 Å². The van der Waals surface area contributed by atoms with Crippen LogP contribution in [0.25, 0.3) is 6.08 Å². The largest absolute Gasteiger partial charge is 0.493 e. The van der Waals surface area contributed by atoms with Crippen LogP contribution in [0.3, 0.4) is 0 Å². The Morgan fingerprint density at radius 1 is 1.08 bits per heavy atom. The fraction of sp³-hybridized carbons (Fsp3) is 0.190. The molecule has 2 aromatic rings. The highest BCUT2D eigenvalue weighted by Crippen LogP contribution is 2.30. The first-order valence-corrected chi connectivity index (χ1v) is 8.47. The molecule has 132 valence electrons. The van der Waals surface area contributed by atoms with Crippen molar-refractivity contribution in [2.75, 3.05) is 20.2 Å². The van der Waals surface area contributed by atoms with E-state index in [0.29, 0.717) is 30.2 Å². The monoisotopic (exact) mass is 349 g/mol. The van der Waals surface area contributed by atoms with Crippen LogP contribution in [0.2, 0.25) is 0 Å². The van der Waals surface area contributed by atoms with Gasteiger partial charge in [0.2, 0.25) is 0 Å². The van der Waals surface area contributed by atoms with Gasteiger partial charge in [-0.3, -0.25) is 4.79 Å². The quantitative estimate of drug-likeness (QED) is 0.850. The second-order valence-corrected chi connectivity index (χ2v) is 6.16. The summed E-state index contributed by atoms with van der Waals surface area (Å²) in [6, 6.07) is 15.2. The molecular formula is C21H19NO4. The number of carbonyl (C=O) groups is 1. The Morgan fingerprint density at radius 2 is 1.81 bits per heavy atom. The topological polar surface area (TPSA) is 48.0 Å². The van der Waals surface area contributed by atoms with Gasteiger partial charge < -0.3 is 19.1 Å². The van der Waals surface area contributed by atoms with Gasteiger partial charge in [0, 0.05) is 11.1 Å². The van der Waals surface area contributed by atoms with Crippen molar-refractivity contribution in [3.63, 3.8) is 0 Å². The van der Waals surface area contributed by atoms with Gasteiger partial charge in [0.1, 0.15) is 11.9 Å². The van der Waals surface area contributed by atoms with Crippen LogP contribution in [0.5, 0.6) is 17.2 Å². The highest BCUT2D eigenvalue weighted by atomic mass is 16.5. The third-order valence-corrected chi connectivity index (χ3v) is 4.42. The first-order chi connectivity index (χ1) is 12.7. The van der Waals surface area contributed by atoms with Gasteiger partial charge in [0.15, 0.2) is 11.5 Å². The molecule has 0 saturated carbocycles. The van der Waals surface area contributed by atoms with E-state index in [1.807, 2.05) is 54.6 Å². The van der Waals surface area contributed by atoms with E-state index in [-0.39, 0.29) is 12.0 Å². The van der Waals surface area contributed by atoms with Crippen LogP contribution in [-0.2, 0) is 4.79 Å². The number of likely N-dealkylation sites (tertiary alicyclic amines) is 1. The maximum Gasteiger partial charge on any atom is 0.254 e. The summed E-state index contributed by atoms with van der Waals surface area (Å²) in [4.78, 5) is 14.5. The second kappa shape index (κ2) is 6.96. The molecule has 5 heteroatoms. The average Bonchev–Trinajstić information content (AvgIpc) is 2.86. The van der Waals surface area contributed by atoms with Gasteiger partial charge in [-0.2, -0.15) is 0 Å². The lowest BCUT2D eigenvalue weighted by atomic mass is 10.1. The maximum absolute atomic E-state index is 12.7. The molecule has 0 aromatic heterocycles. The predicted octanol–water partition coefficient (Wildman–Crippen LogP) is 3.27. The number of benzene rings is 2. The summed E-state index contributed by atoms with van der Waals surface area (Å²) in [5.41, 5.74) is 1.49. The molecule has 1 fully saturated rings. The van der Waals surface area contributed by atoms with Gasteiger partial charge in [-0.25, -0.2) is 0 Å². The summed E-state index contributed by atoms with van der Waals surface area (Å²) in [5.74, 6) is 2.11. The van der Waals surface area contributed by atoms with Crippen molar-refractivity contribution >= 4 is 12.0 Å². The van der Waals surface area contributed by atoms with Crippen LogP contribution in [0, 0.1) is 0 Å².